The summed E-state index contributed by atoms with van der Waals surface area (Å²) in [4.78, 5) is 14.2. The van der Waals surface area contributed by atoms with E-state index in [-0.39, 0.29) is 18.1 Å². The Hall–Kier alpha value is -2.87. The molecule has 3 rings (SSSR count). The van der Waals surface area contributed by atoms with Gasteiger partial charge in [0.25, 0.3) is 0 Å². The largest absolute Gasteiger partial charge is 0.348 e. The summed E-state index contributed by atoms with van der Waals surface area (Å²) in [6, 6.07) is 15.9. The monoisotopic (exact) mass is 385 g/mol. The number of amides is 1. The van der Waals surface area contributed by atoms with Gasteiger partial charge < -0.3 is 10.7 Å². The lowest BCUT2D eigenvalue weighted by atomic mass is 10.1. The Kier molecular flexibility index (Phi) is 5.75. The summed E-state index contributed by atoms with van der Waals surface area (Å²) < 4.78 is 15.2. The van der Waals surface area contributed by atoms with E-state index in [1.165, 1.54) is 27.4 Å². The van der Waals surface area contributed by atoms with Crippen molar-refractivity contribution in [2.45, 2.75) is 16.8 Å². The molecular weight excluding hydrogens is 365 g/mol. The van der Waals surface area contributed by atoms with E-state index in [1.54, 1.807) is 32.3 Å². The van der Waals surface area contributed by atoms with E-state index in [4.69, 9.17) is 5.84 Å². The van der Waals surface area contributed by atoms with Gasteiger partial charge in [-0.3, -0.25) is 4.79 Å². The van der Waals surface area contributed by atoms with Crippen LogP contribution in [0.25, 0.3) is 0 Å². The Labute approximate surface area is 161 Å². The minimum Gasteiger partial charge on any atom is -0.348 e. The van der Waals surface area contributed by atoms with Gasteiger partial charge in [0.05, 0.1) is 0 Å². The van der Waals surface area contributed by atoms with E-state index < -0.39 is 5.25 Å². The van der Waals surface area contributed by atoms with Gasteiger partial charge in [0.15, 0.2) is 5.82 Å². The molecule has 0 saturated heterocycles. The molecule has 0 fully saturated rings. The van der Waals surface area contributed by atoms with Crippen molar-refractivity contribution in [3.63, 3.8) is 0 Å². The van der Waals surface area contributed by atoms with Crippen LogP contribution >= 0.6 is 11.8 Å². The summed E-state index contributed by atoms with van der Waals surface area (Å²) in [6.45, 7) is 0. The van der Waals surface area contributed by atoms with Gasteiger partial charge in [-0.25, -0.2) is 9.07 Å². The first-order chi connectivity index (χ1) is 13.0. The van der Waals surface area contributed by atoms with Crippen LogP contribution in [0.3, 0.4) is 0 Å². The third-order valence-corrected chi connectivity index (χ3v) is 5.23. The highest BCUT2D eigenvalue weighted by Crippen LogP contribution is 2.35. The zero-order valence-corrected chi connectivity index (χ0v) is 15.9. The Bertz CT molecular complexity index is 929. The quantitative estimate of drug-likeness (QED) is 0.521. The standard InChI is InChI=1S/C19H20FN5OS/c1-24(2)18(26)17(13-8-4-3-5-9-13)27-19-23-22-16(25(19)21)12-14-10-6-7-11-15(14)20/h3-11,17H,12,21H2,1-2H3/t17-/m1/s1. The molecule has 2 aromatic carbocycles. The van der Waals surface area contributed by atoms with Gasteiger partial charge in [-0.2, -0.15) is 0 Å². The van der Waals surface area contributed by atoms with E-state index in [9.17, 15) is 9.18 Å². The Morgan fingerprint density at radius 3 is 2.48 bits per heavy atom. The summed E-state index contributed by atoms with van der Waals surface area (Å²) in [5.41, 5.74) is 1.33. The van der Waals surface area contributed by atoms with Gasteiger partial charge in [-0.15, -0.1) is 10.2 Å². The number of carbonyl (C=O) groups excluding carboxylic acids is 1. The number of nitrogens with zero attached hydrogens (tertiary/aromatic N) is 4. The average Bonchev–Trinajstić information content (AvgIpc) is 3.01. The molecule has 0 spiro atoms. The number of aromatic nitrogens is 3. The van der Waals surface area contributed by atoms with Gasteiger partial charge in [0.2, 0.25) is 11.1 Å². The molecule has 27 heavy (non-hydrogen) atoms. The average molecular weight is 385 g/mol. The summed E-state index contributed by atoms with van der Waals surface area (Å²) >= 11 is 1.22. The molecule has 1 amide bonds. The van der Waals surface area contributed by atoms with Crippen LogP contribution in [-0.2, 0) is 11.2 Å². The van der Waals surface area contributed by atoms with Gasteiger partial charge >= 0.3 is 0 Å². The minimum atomic E-state index is -0.506. The summed E-state index contributed by atoms with van der Waals surface area (Å²) in [7, 11) is 3.41. The number of thioether (sulfide) groups is 1. The molecular formula is C19H20FN5OS. The molecule has 0 aliphatic rings. The maximum absolute atomic E-state index is 13.9. The van der Waals surface area contributed by atoms with Crippen molar-refractivity contribution >= 4 is 17.7 Å². The van der Waals surface area contributed by atoms with Gasteiger partial charge in [-0.05, 0) is 17.2 Å². The van der Waals surface area contributed by atoms with Crippen LogP contribution in [-0.4, -0.2) is 39.8 Å². The van der Waals surface area contributed by atoms with Crippen LogP contribution in [0.15, 0.2) is 59.8 Å². The van der Waals surface area contributed by atoms with Gasteiger partial charge in [-0.1, -0.05) is 60.3 Å². The first kappa shape index (κ1) is 18.9. The SMILES string of the molecule is CN(C)C(=O)[C@H](Sc1nnc(Cc2ccccc2F)n1N)c1ccccc1. The molecule has 0 aliphatic heterocycles. The highest BCUT2D eigenvalue weighted by atomic mass is 32.2. The number of hydrogen-bond acceptors (Lipinski definition) is 5. The molecule has 8 heteroatoms. The number of rotatable bonds is 6. The zero-order valence-electron chi connectivity index (χ0n) is 15.0. The lowest BCUT2D eigenvalue weighted by Crippen LogP contribution is -2.27. The van der Waals surface area contributed by atoms with E-state index in [1.807, 2.05) is 30.3 Å². The number of nitrogen functional groups attached to an aromatic ring is 1. The molecule has 0 aliphatic carbocycles. The fourth-order valence-corrected chi connectivity index (χ4v) is 3.67. The number of nitrogens with two attached hydrogens (primary N) is 1. The van der Waals surface area contributed by atoms with Gasteiger partial charge in [0.1, 0.15) is 11.1 Å². The molecule has 0 radical (unpaired) electrons. The topological polar surface area (TPSA) is 77.0 Å². The smallest absolute Gasteiger partial charge is 0.240 e. The highest BCUT2D eigenvalue weighted by molar-refractivity contribution is 8.00. The molecule has 0 bridgehead atoms. The van der Waals surface area contributed by atoms with Gasteiger partial charge in [0, 0.05) is 20.5 Å². The fourth-order valence-electron chi connectivity index (χ4n) is 2.55. The number of carbonyl (C=O) groups is 1. The minimum absolute atomic E-state index is 0.0788. The second kappa shape index (κ2) is 8.22. The maximum atomic E-state index is 13.9. The van der Waals surface area contributed by atoms with Crippen LogP contribution < -0.4 is 5.84 Å². The molecule has 1 aromatic heterocycles. The Morgan fingerprint density at radius 2 is 1.81 bits per heavy atom. The third-order valence-electron chi connectivity index (χ3n) is 4.03. The third kappa shape index (κ3) is 4.28. The molecule has 3 aromatic rings. The van der Waals surface area contributed by atoms with E-state index in [0.717, 1.165) is 5.56 Å². The Morgan fingerprint density at radius 1 is 1.15 bits per heavy atom. The van der Waals surface area contributed by atoms with E-state index in [0.29, 0.717) is 16.5 Å². The van der Waals surface area contributed by atoms with E-state index in [2.05, 4.69) is 10.2 Å². The molecule has 0 saturated carbocycles. The van der Waals surface area contributed by atoms with Crippen LogP contribution in [0.5, 0.6) is 0 Å². The van der Waals surface area contributed by atoms with Crippen molar-refractivity contribution in [2.75, 3.05) is 19.9 Å². The number of hydrogen-bond donors (Lipinski definition) is 1. The van der Waals surface area contributed by atoms with Crippen LogP contribution in [0.2, 0.25) is 0 Å². The summed E-state index contributed by atoms with van der Waals surface area (Å²) in [5.74, 6) is 6.15. The predicted octanol–water partition coefficient (Wildman–Crippen LogP) is 2.64. The maximum Gasteiger partial charge on any atom is 0.240 e. The van der Waals surface area contributed by atoms with Crippen LogP contribution in [0.4, 0.5) is 4.39 Å². The fraction of sp³-hybridized carbons (Fsp3) is 0.211. The Balaban J connectivity index is 1.86. The highest BCUT2D eigenvalue weighted by Gasteiger charge is 2.26. The van der Waals surface area contributed by atoms with Crippen molar-refractivity contribution in [2.24, 2.45) is 0 Å². The molecule has 1 heterocycles. The molecule has 140 valence electrons. The van der Waals surface area contributed by atoms with Crippen molar-refractivity contribution in [1.82, 2.24) is 19.8 Å². The number of likely N-dealkylation sites (N-methyl/N-ethyl adjacent to an activating group) is 1. The first-order valence-corrected chi connectivity index (χ1v) is 9.21. The molecule has 0 unspecified atom stereocenters. The summed E-state index contributed by atoms with van der Waals surface area (Å²) in [5, 5.41) is 8.07. The number of halogens is 1. The van der Waals surface area contributed by atoms with Crippen molar-refractivity contribution in [1.29, 1.82) is 0 Å². The molecule has 2 N–H and O–H groups in total. The van der Waals surface area contributed by atoms with Crippen molar-refractivity contribution in [3.05, 3.63) is 77.4 Å². The number of benzene rings is 2. The van der Waals surface area contributed by atoms with Crippen molar-refractivity contribution < 1.29 is 9.18 Å². The zero-order chi connectivity index (χ0) is 19.4. The second-order valence-corrected chi connectivity index (χ2v) is 7.25. The van der Waals surface area contributed by atoms with E-state index >= 15 is 0 Å². The van der Waals surface area contributed by atoms with Crippen LogP contribution in [0, 0.1) is 5.82 Å². The lowest BCUT2D eigenvalue weighted by Gasteiger charge is -2.20. The predicted molar refractivity (Wildman–Crippen MR) is 103 cm³/mol. The normalized spacial score (nSPS) is 12.0. The van der Waals surface area contributed by atoms with Crippen molar-refractivity contribution in [3.8, 4) is 0 Å². The summed E-state index contributed by atoms with van der Waals surface area (Å²) in [6.07, 6.45) is 0.217. The second-order valence-electron chi connectivity index (χ2n) is 6.18. The molecule has 6 nitrogen and oxygen atoms in total. The lowest BCUT2D eigenvalue weighted by molar-refractivity contribution is -0.128. The first-order valence-electron chi connectivity index (χ1n) is 8.33. The molecule has 1 atom stereocenters. The van der Waals surface area contributed by atoms with Crippen LogP contribution in [0.1, 0.15) is 22.2 Å².